The summed E-state index contributed by atoms with van der Waals surface area (Å²) in [7, 11) is 0. The largest absolute Gasteiger partial charge is 0.349 e. The number of hydrogen-bond donors (Lipinski definition) is 1. The smallest absolute Gasteiger partial charge is 0.164 e. The van der Waals surface area contributed by atoms with Crippen molar-refractivity contribution in [1.82, 2.24) is 4.90 Å². The molecular formula is C13H18N2O. The van der Waals surface area contributed by atoms with Gasteiger partial charge >= 0.3 is 0 Å². The maximum atomic E-state index is 5.97. The van der Waals surface area contributed by atoms with Crippen LogP contribution in [0.25, 0.3) is 0 Å². The summed E-state index contributed by atoms with van der Waals surface area (Å²) in [6.07, 6.45) is 3.45. The minimum atomic E-state index is -0.212. The highest BCUT2D eigenvalue weighted by Crippen LogP contribution is 2.35. The minimum Gasteiger partial charge on any atom is -0.349 e. The lowest BCUT2D eigenvalue weighted by Gasteiger charge is -2.34. The van der Waals surface area contributed by atoms with Crippen LogP contribution >= 0.6 is 0 Å². The quantitative estimate of drug-likeness (QED) is 0.778. The van der Waals surface area contributed by atoms with Gasteiger partial charge in [0.05, 0.1) is 6.61 Å². The molecule has 1 fully saturated rings. The van der Waals surface area contributed by atoms with Crippen molar-refractivity contribution in [2.75, 3.05) is 13.2 Å². The van der Waals surface area contributed by atoms with Crippen LogP contribution in [0, 0.1) is 0 Å². The molecule has 2 aliphatic rings. The highest BCUT2D eigenvalue weighted by Gasteiger charge is 2.32. The molecule has 0 radical (unpaired) electrons. The zero-order valence-electron chi connectivity index (χ0n) is 9.43. The van der Waals surface area contributed by atoms with Crippen molar-refractivity contribution in [2.45, 2.75) is 31.7 Å². The van der Waals surface area contributed by atoms with Gasteiger partial charge in [-0.05, 0) is 30.4 Å². The van der Waals surface area contributed by atoms with Crippen molar-refractivity contribution < 1.29 is 4.74 Å². The standard InChI is InChI=1S/C13H18N2O/c14-13-15(8-9-16-13)12-7-3-5-10-4-1-2-6-11(10)12/h1-2,4,6,12-13H,3,5,7-9,14H2. The topological polar surface area (TPSA) is 38.5 Å². The summed E-state index contributed by atoms with van der Waals surface area (Å²) >= 11 is 0. The second kappa shape index (κ2) is 4.17. The molecule has 3 heteroatoms. The summed E-state index contributed by atoms with van der Waals surface area (Å²) in [4.78, 5) is 2.29. The van der Waals surface area contributed by atoms with Crippen molar-refractivity contribution >= 4 is 0 Å². The number of ether oxygens (including phenoxy) is 1. The molecule has 1 aromatic carbocycles. The van der Waals surface area contributed by atoms with Crippen LogP contribution in [-0.4, -0.2) is 24.4 Å². The van der Waals surface area contributed by atoms with Gasteiger partial charge in [0.1, 0.15) is 0 Å². The van der Waals surface area contributed by atoms with Crippen molar-refractivity contribution in [3.05, 3.63) is 35.4 Å². The molecule has 1 aliphatic carbocycles. The summed E-state index contributed by atoms with van der Waals surface area (Å²) in [6.45, 7) is 1.72. The molecular weight excluding hydrogens is 200 g/mol. The zero-order chi connectivity index (χ0) is 11.0. The maximum absolute atomic E-state index is 5.97. The predicted octanol–water partition coefficient (Wildman–Crippen LogP) is 1.64. The van der Waals surface area contributed by atoms with Gasteiger partial charge in [0.2, 0.25) is 0 Å². The second-order valence-corrected chi connectivity index (χ2v) is 4.61. The number of hydrogen-bond acceptors (Lipinski definition) is 3. The average molecular weight is 218 g/mol. The third kappa shape index (κ3) is 1.65. The summed E-state index contributed by atoms with van der Waals surface area (Å²) in [6, 6.07) is 9.19. The third-order valence-corrected chi connectivity index (χ3v) is 3.70. The molecule has 2 N–H and O–H groups in total. The molecule has 0 aromatic heterocycles. The summed E-state index contributed by atoms with van der Waals surface area (Å²) < 4.78 is 5.44. The van der Waals surface area contributed by atoms with Crippen LogP contribution in [0.1, 0.15) is 30.0 Å². The predicted molar refractivity (Wildman–Crippen MR) is 62.8 cm³/mol. The number of nitrogens with two attached hydrogens (primary N) is 1. The van der Waals surface area contributed by atoms with Gasteiger partial charge < -0.3 is 4.74 Å². The van der Waals surface area contributed by atoms with Crippen molar-refractivity contribution in [3.8, 4) is 0 Å². The Morgan fingerprint density at radius 2 is 2.19 bits per heavy atom. The summed E-state index contributed by atoms with van der Waals surface area (Å²) in [5.41, 5.74) is 8.91. The maximum Gasteiger partial charge on any atom is 0.164 e. The van der Waals surface area contributed by atoms with Crippen LogP contribution in [0.4, 0.5) is 0 Å². The van der Waals surface area contributed by atoms with E-state index in [9.17, 15) is 0 Å². The van der Waals surface area contributed by atoms with E-state index in [1.807, 2.05) is 0 Å². The lowest BCUT2D eigenvalue weighted by molar-refractivity contribution is 0.0132. The van der Waals surface area contributed by atoms with Gasteiger partial charge in [0.15, 0.2) is 6.35 Å². The van der Waals surface area contributed by atoms with Crippen LogP contribution in [0.15, 0.2) is 24.3 Å². The first-order chi connectivity index (χ1) is 7.86. The van der Waals surface area contributed by atoms with Gasteiger partial charge in [0, 0.05) is 12.6 Å². The average Bonchev–Trinajstić information content (AvgIpc) is 2.75. The third-order valence-electron chi connectivity index (χ3n) is 3.70. The van der Waals surface area contributed by atoms with E-state index in [1.54, 1.807) is 0 Å². The van der Waals surface area contributed by atoms with Crippen LogP contribution < -0.4 is 5.73 Å². The van der Waals surface area contributed by atoms with E-state index >= 15 is 0 Å². The van der Waals surface area contributed by atoms with E-state index in [2.05, 4.69) is 29.2 Å². The fourth-order valence-electron chi connectivity index (χ4n) is 2.91. The Kier molecular flexibility index (Phi) is 2.67. The molecule has 2 unspecified atom stereocenters. The normalized spacial score (nSPS) is 30.3. The Morgan fingerprint density at radius 3 is 3.00 bits per heavy atom. The molecule has 0 spiro atoms. The molecule has 2 atom stereocenters. The molecule has 1 heterocycles. The lowest BCUT2D eigenvalue weighted by atomic mass is 9.87. The van der Waals surface area contributed by atoms with E-state index in [4.69, 9.17) is 10.5 Å². The molecule has 0 saturated carbocycles. The highest BCUT2D eigenvalue weighted by molar-refractivity contribution is 5.32. The Hall–Kier alpha value is -0.900. The second-order valence-electron chi connectivity index (χ2n) is 4.61. The molecule has 1 saturated heterocycles. The fraction of sp³-hybridized carbons (Fsp3) is 0.538. The Morgan fingerprint density at radius 1 is 1.31 bits per heavy atom. The van der Waals surface area contributed by atoms with Crippen LogP contribution in [0.2, 0.25) is 0 Å². The van der Waals surface area contributed by atoms with Crippen LogP contribution in [0.5, 0.6) is 0 Å². The summed E-state index contributed by atoms with van der Waals surface area (Å²) in [5.74, 6) is 0. The number of fused-ring (bicyclic) bond motifs is 1. The first-order valence-corrected chi connectivity index (χ1v) is 6.07. The van der Waals surface area contributed by atoms with Crippen molar-refractivity contribution in [1.29, 1.82) is 0 Å². The SMILES string of the molecule is NC1OCCN1C1CCCc2ccccc21. The number of benzene rings is 1. The Balaban J connectivity index is 1.92. The first-order valence-electron chi connectivity index (χ1n) is 6.07. The van der Waals surface area contributed by atoms with E-state index < -0.39 is 0 Å². The molecule has 0 amide bonds. The summed E-state index contributed by atoms with van der Waals surface area (Å²) in [5, 5.41) is 0. The molecule has 86 valence electrons. The molecule has 3 rings (SSSR count). The molecule has 1 aliphatic heterocycles. The van der Waals surface area contributed by atoms with Gasteiger partial charge in [-0.2, -0.15) is 0 Å². The first kappa shape index (κ1) is 10.3. The molecule has 3 nitrogen and oxygen atoms in total. The van der Waals surface area contributed by atoms with E-state index in [0.717, 1.165) is 13.2 Å². The zero-order valence-corrected chi connectivity index (χ0v) is 9.43. The number of aryl methyl sites for hydroxylation is 1. The lowest BCUT2D eigenvalue weighted by Crippen LogP contribution is -2.41. The minimum absolute atomic E-state index is 0.212. The number of nitrogens with zero attached hydrogens (tertiary/aromatic N) is 1. The monoisotopic (exact) mass is 218 g/mol. The van der Waals surface area contributed by atoms with Crippen molar-refractivity contribution in [2.24, 2.45) is 5.73 Å². The van der Waals surface area contributed by atoms with E-state index in [1.165, 1.54) is 30.4 Å². The van der Waals surface area contributed by atoms with Crippen LogP contribution in [-0.2, 0) is 11.2 Å². The highest BCUT2D eigenvalue weighted by atomic mass is 16.5. The van der Waals surface area contributed by atoms with E-state index in [0.29, 0.717) is 6.04 Å². The van der Waals surface area contributed by atoms with Crippen molar-refractivity contribution in [3.63, 3.8) is 0 Å². The fourth-order valence-corrected chi connectivity index (χ4v) is 2.91. The molecule has 16 heavy (non-hydrogen) atoms. The van der Waals surface area contributed by atoms with Crippen LogP contribution in [0.3, 0.4) is 0 Å². The number of rotatable bonds is 1. The van der Waals surface area contributed by atoms with Gasteiger partial charge in [-0.25, -0.2) is 0 Å². The van der Waals surface area contributed by atoms with E-state index in [-0.39, 0.29) is 6.35 Å². The van der Waals surface area contributed by atoms with Gasteiger partial charge in [-0.3, -0.25) is 10.6 Å². The van der Waals surface area contributed by atoms with Gasteiger partial charge in [-0.1, -0.05) is 24.3 Å². The van der Waals surface area contributed by atoms with Gasteiger partial charge in [-0.15, -0.1) is 0 Å². The Bertz CT molecular complexity index is 380. The molecule has 0 bridgehead atoms. The molecule has 1 aromatic rings. The Labute approximate surface area is 96.2 Å². The van der Waals surface area contributed by atoms with Gasteiger partial charge in [0.25, 0.3) is 0 Å².